The fourth-order valence-corrected chi connectivity index (χ4v) is 2.57. The summed E-state index contributed by atoms with van der Waals surface area (Å²) in [5, 5.41) is 9.69. The first-order valence-electron chi connectivity index (χ1n) is 6.81. The van der Waals surface area contributed by atoms with Gasteiger partial charge in [-0.15, -0.1) is 0 Å². The summed E-state index contributed by atoms with van der Waals surface area (Å²) in [7, 11) is 0. The van der Waals surface area contributed by atoms with Crippen molar-refractivity contribution in [3.05, 3.63) is 18.2 Å². The second-order valence-electron chi connectivity index (χ2n) is 5.40. The van der Waals surface area contributed by atoms with Crippen LogP contribution in [0.4, 0.5) is 11.4 Å². The van der Waals surface area contributed by atoms with Crippen LogP contribution in [0, 0.1) is 5.41 Å². The standard InChI is InChI=1S/C15H20N2O3/c1-5-16-11-8-7-10(18)9-12(11)17(6-2)14(20)15(3,4)13(16)19/h7-9,18H,5-6H2,1-4H3. The maximum absolute atomic E-state index is 12.6. The van der Waals surface area contributed by atoms with E-state index in [0.717, 1.165) is 0 Å². The Kier molecular flexibility index (Phi) is 3.46. The molecule has 108 valence electrons. The van der Waals surface area contributed by atoms with Gasteiger partial charge >= 0.3 is 0 Å². The molecule has 5 nitrogen and oxygen atoms in total. The van der Waals surface area contributed by atoms with E-state index in [1.165, 1.54) is 12.1 Å². The predicted molar refractivity (Wildman–Crippen MR) is 77.9 cm³/mol. The molecule has 1 heterocycles. The van der Waals surface area contributed by atoms with E-state index in [2.05, 4.69) is 0 Å². The fourth-order valence-electron chi connectivity index (χ4n) is 2.57. The molecule has 0 aliphatic carbocycles. The van der Waals surface area contributed by atoms with Gasteiger partial charge in [0.25, 0.3) is 0 Å². The third-order valence-electron chi connectivity index (χ3n) is 3.73. The lowest BCUT2D eigenvalue weighted by molar-refractivity contribution is -0.137. The summed E-state index contributed by atoms with van der Waals surface area (Å²) in [5.74, 6) is -0.376. The maximum atomic E-state index is 12.6. The molecule has 0 unspecified atom stereocenters. The number of amides is 2. The number of fused-ring (bicyclic) bond motifs is 1. The van der Waals surface area contributed by atoms with Gasteiger partial charge in [-0.1, -0.05) is 0 Å². The van der Waals surface area contributed by atoms with Gasteiger partial charge in [-0.2, -0.15) is 0 Å². The van der Waals surface area contributed by atoms with Gasteiger partial charge in [-0.25, -0.2) is 0 Å². The van der Waals surface area contributed by atoms with E-state index in [1.54, 1.807) is 29.7 Å². The van der Waals surface area contributed by atoms with Crippen molar-refractivity contribution in [3.8, 4) is 5.75 Å². The summed E-state index contributed by atoms with van der Waals surface area (Å²) in [5.41, 5.74) is 0.134. The molecule has 0 spiro atoms. The van der Waals surface area contributed by atoms with E-state index in [0.29, 0.717) is 24.5 Å². The summed E-state index contributed by atoms with van der Waals surface area (Å²) in [4.78, 5) is 28.4. The van der Waals surface area contributed by atoms with Gasteiger partial charge in [0.1, 0.15) is 11.2 Å². The third kappa shape index (κ3) is 1.94. The first-order valence-corrected chi connectivity index (χ1v) is 6.81. The molecule has 1 aromatic carbocycles. The SMILES string of the molecule is CCN1C(=O)C(C)(C)C(=O)N(CC)c2cc(O)ccc21. The molecule has 2 amide bonds. The Morgan fingerprint density at radius 1 is 1.00 bits per heavy atom. The van der Waals surface area contributed by atoms with Gasteiger partial charge in [0.2, 0.25) is 11.8 Å². The van der Waals surface area contributed by atoms with E-state index < -0.39 is 5.41 Å². The molecule has 2 rings (SSSR count). The third-order valence-corrected chi connectivity index (χ3v) is 3.73. The van der Waals surface area contributed by atoms with Crippen molar-refractivity contribution in [1.29, 1.82) is 0 Å². The molecular formula is C15H20N2O3. The van der Waals surface area contributed by atoms with Crippen LogP contribution in [-0.4, -0.2) is 30.0 Å². The molecular weight excluding hydrogens is 256 g/mol. The Balaban J connectivity index is 2.73. The zero-order valence-electron chi connectivity index (χ0n) is 12.3. The molecule has 1 aliphatic heterocycles. The molecule has 0 bridgehead atoms. The number of carbonyl (C=O) groups is 2. The molecule has 1 aliphatic rings. The average Bonchev–Trinajstić information content (AvgIpc) is 2.46. The van der Waals surface area contributed by atoms with Crippen molar-refractivity contribution in [1.82, 2.24) is 0 Å². The van der Waals surface area contributed by atoms with Crippen LogP contribution in [0.5, 0.6) is 5.75 Å². The van der Waals surface area contributed by atoms with Gasteiger partial charge < -0.3 is 14.9 Å². The Labute approximate surface area is 118 Å². The smallest absolute Gasteiger partial charge is 0.242 e. The van der Waals surface area contributed by atoms with Crippen molar-refractivity contribution >= 4 is 23.2 Å². The minimum Gasteiger partial charge on any atom is -0.508 e. The largest absolute Gasteiger partial charge is 0.508 e. The second-order valence-corrected chi connectivity index (χ2v) is 5.40. The second kappa shape index (κ2) is 4.81. The summed E-state index contributed by atoms with van der Waals surface area (Å²) in [6, 6.07) is 4.75. The quantitative estimate of drug-likeness (QED) is 0.842. The topological polar surface area (TPSA) is 60.9 Å². The number of phenolic OH excluding ortho intramolecular Hbond substituents is 1. The highest BCUT2D eigenvalue weighted by Crippen LogP contribution is 2.40. The number of carbonyl (C=O) groups excluding carboxylic acids is 2. The number of aromatic hydroxyl groups is 1. The van der Waals surface area contributed by atoms with Gasteiger partial charge in [0.05, 0.1) is 11.4 Å². The highest BCUT2D eigenvalue weighted by molar-refractivity contribution is 6.20. The van der Waals surface area contributed by atoms with Crippen LogP contribution in [0.2, 0.25) is 0 Å². The van der Waals surface area contributed by atoms with Crippen LogP contribution in [-0.2, 0) is 9.59 Å². The Bertz CT molecular complexity index is 566. The Hall–Kier alpha value is -2.04. The minimum atomic E-state index is -1.11. The zero-order chi connectivity index (χ0) is 15.1. The molecule has 5 heteroatoms. The number of anilines is 2. The normalized spacial score (nSPS) is 18.0. The van der Waals surface area contributed by atoms with Gasteiger partial charge in [0.15, 0.2) is 0 Å². The molecule has 0 saturated heterocycles. The minimum absolute atomic E-state index is 0.0817. The zero-order valence-corrected chi connectivity index (χ0v) is 12.3. The summed E-state index contributed by atoms with van der Waals surface area (Å²) in [6.45, 7) is 7.95. The summed E-state index contributed by atoms with van der Waals surface area (Å²) in [6.07, 6.45) is 0. The van der Waals surface area contributed by atoms with Crippen molar-refractivity contribution < 1.29 is 14.7 Å². The lowest BCUT2D eigenvalue weighted by atomic mass is 9.90. The van der Waals surface area contributed by atoms with E-state index in [4.69, 9.17) is 0 Å². The number of nitrogens with zero attached hydrogens (tertiary/aromatic N) is 2. The van der Waals surface area contributed by atoms with E-state index >= 15 is 0 Å². The fraction of sp³-hybridized carbons (Fsp3) is 0.467. The molecule has 0 radical (unpaired) electrons. The van der Waals surface area contributed by atoms with Crippen molar-refractivity contribution in [2.24, 2.45) is 5.41 Å². The average molecular weight is 276 g/mol. The molecule has 0 saturated carbocycles. The molecule has 20 heavy (non-hydrogen) atoms. The first kappa shape index (κ1) is 14.4. The molecule has 1 aromatic rings. The highest BCUT2D eigenvalue weighted by Gasteiger charge is 2.45. The Morgan fingerprint density at radius 3 is 2.00 bits per heavy atom. The summed E-state index contributed by atoms with van der Waals surface area (Å²) < 4.78 is 0. The number of rotatable bonds is 2. The molecule has 1 N–H and O–H groups in total. The van der Waals surface area contributed by atoms with Crippen LogP contribution < -0.4 is 9.80 Å². The van der Waals surface area contributed by atoms with Crippen LogP contribution in [0.3, 0.4) is 0 Å². The van der Waals surface area contributed by atoms with Crippen LogP contribution in [0.1, 0.15) is 27.7 Å². The summed E-state index contributed by atoms with van der Waals surface area (Å²) >= 11 is 0. The van der Waals surface area contributed by atoms with Crippen molar-refractivity contribution in [3.63, 3.8) is 0 Å². The highest BCUT2D eigenvalue weighted by atomic mass is 16.3. The van der Waals surface area contributed by atoms with Crippen molar-refractivity contribution in [2.45, 2.75) is 27.7 Å². The van der Waals surface area contributed by atoms with E-state index in [9.17, 15) is 14.7 Å². The molecule has 0 aromatic heterocycles. The maximum Gasteiger partial charge on any atom is 0.242 e. The monoisotopic (exact) mass is 276 g/mol. The van der Waals surface area contributed by atoms with E-state index in [1.807, 2.05) is 13.8 Å². The Morgan fingerprint density at radius 2 is 1.50 bits per heavy atom. The van der Waals surface area contributed by atoms with Crippen LogP contribution >= 0.6 is 0 Å². The lowest BCUT2D eigenvalue weighted by Gasteiger charge is -2.27. The van der Waals surface area contributed by atoms with Gasteiger partial charge in [-0.05, 0) is 39.8 Å². The molecule has 0 fully saturated rings. The number of hydrogen-bond donors (Lipinski definition) is 1. The van der Waals surface area contributed by atoms with Crippen LogP contribution in [0.25, 0.3) is 0 Å². The van der Waals surface area contributed by atoms with Gasteiger partial charge in [-0.3, -0.25) is 9.59 Å². The predicted octanol–water partition coefficient (Wildman–Crippen LogP) is 2.14. The first-order chi connectivity index (χ1) is 9.34. The van der Waals surface area contributed by atoms with Crippen LogP contribution in [0.15, 0.2) is 18.2 Å². The number of hydrogen-bond acceptors (Lipinski definition) is 3. The lowest BCUT2D eigenvalue weighted by Crippen LogP contribution is -2.48. The van der Waals surface area contributed by atoms with Crippen molar-refractivity contribution in [2.75, 3.05) is 22.9 Å². The molecule has 0 atom stereocenters. The van der Waals surface area contributed by atoms with E-state index in [-0.39, 0.29) is 17.6 Å². The van der Waals surface area contributed by atoms with Gasteiger partial charge in [0, 0.05) is 19.2 Å². The number of benzene rings is 1. The number of phenols is 1.